The Morgan fingerprint density at radius 3 is 2.85 bits per heavy atom. The van der Waals surface area contributed by atoms with Crippen molar-refractivity contribution in [1.82, 2.24) is 10.2 Å². The van der Waals surface area contributed by atoms with Crippen molar-refractivity contribution in [2.45, 2.75) is 38.1 Å². The van der Waals surface area contributed by atoms with Crippen molar-refractivity contribution in [2.24, 2.45) is 17.1 Å². The Kier molecular flexibility index (Phi) is 5.13. The number of amides is 2. The molecule has 2 atom stereocenters. The summed E-state index contributed by atoms with van der Waals surface area (Å²) in [5.74, 6) is 0.567. The summed E-state index contributed by atoms with van der Waals surface area (Å²) < 4.78 is 5.51. The van der Waals surface area contributed by atoms with Crippen LogP contribution in [0.4, 0.5) is 4.79 Å². The highest BCUT2D eigenvalue weighted by Crippen LogP contribution is 2.42. The molecule has 0 radical (unpaired) electrons. The molecule has 0 saturated carbocycles. The van der Waals surface area contributed by atoms with Gasteiger partial charge >= 0.3 is 6.03 Å². The molecule has 142 valence electrons. The quantitative estimate of drug-likeness (QED) is 0.850. The molecule has 1 aliphatic carbocycles. The first kappa shape index (κ1) is 18.1. The van der Waals surface area contributed by atoms with Gasteiger partial charge in [-0.25, -0.2) is 4.79 Å². The maximum absolute atomic E-state index is 12.8. The minimum atomic E-state index is 0.0521. The van der Waals surface area contributed by atoms with E-state index < -0.39 is 0 Å². The monoisotopic (exact) mass is 377 g/mol. The van der Waals surface area contributed by atoms with Crippen LogP contribution in [-0.2, 0) is 17.6 Å². The summed E-state index contributed by atoms with van der Waals surface area (Å²) in [4.78, 5) is 14.8. The lowest BCUT2D eigenvalue weighted by atomic mass is 9.71. The molecule has 0 aromatic heterocycles. The van der Waals surface area contributed by atoms with E-state index in [0.29, 0.717) is 12.5 Å². The SMILES string of the molecule is NCC1(C2CCOCC2)CCN(C(=O)NC2Cc3ccc(Cl)cc3C2)C1. The molecule has 6 heteroatoms. The lowest BCUT2D eigenvalue weighted by Gasteiger charge is -2.38. The molecule has 0 spiro atoms. The molecule has 4 rings (SSSR count). The smallest absolute Gasteiger partial charge is 0.317 e. The van der Waals surface area contributed by atoms with Crippen LogP contribution in [0.2, 0.25) is 5.02 Å². The number of fused-ring (bicyclic) bond motifs is 1. The Morgan fingerprint density at radius 2 is 2.08 bits per heavy atom. The number of benzene rings is 1. The molecule has 3 aliphatic rings. The second-order valence-electron chi connectivity index (χ2n) is 8.09. The van der Waals surface area contributed by atoms with Gasteiger partial charge in [0.25, 0.3) is 0 Å². The topological polar surface area (TPSA) is 67.6 Å². The maximum atomic E-state index is 12.8. The Morgan fingerprint density at radius 1 is 1.31 bits per heavy atom. The lowest BCUT2D eigenvalue weighted by molar-refractivity contribution is 0.0170. The van der Waals surface area contributed by atoms with E-state index >= 15 is 0 Å². The number of halogens is 1. The number of nitrogens with two attached hydrogens (primary N) is 1. The van der Waals surface area contributed by atoms with Crippen molar-refractivity contribution in [3.05, 3.63) is 34.3 Å². The van der Waals surface area contributed by atoms with Gasteiger partial charge in [0.1, 0.15) is 0 Å². The van der Waals surface area contributed by atoms with E-state index in [9.17, 15) is 4.79 Å². The van der Waals surface area contributed by atoms with Gasteiger partial charge in [0.2, 0.25) is 0 Å². The average molecular weight is 378 g/mol. The predicted molar refractivity (Wildman–Crippen MR) is 102 cm³/mol. The molecule has 2 unspecified atom stereocenters. The third kappa shape index (κ3) is 3.45. The fourth-order valence-electron chi connectivity index (χ4n) is 5.00. The third-order valence-electron chi connectivity index (χ3n) is 6.59. The summed E-state index contributed by atoms with van der Waals surface area (Å²) in [6, 6.07) is 6.23. The Labute approximate surface area is 160 Å². The Balaban J connectivity index is 1.36. The van der Waals surface area contributed by atoms with Gasteiger partial charge in [-0.3, -0.25) is 0 Å². The number of ether oxygens (including phenoxy) is 1. The zero-order chi connectivity index (χ0) is 18.1. The van der Waals surface area contributed by atoms with Gasteiger partial charge in [-0.15, -0.1) is 0 Å². The van der Waals surface area contributed by atoms with Crippen molar-refractivity contribution < 1.29 is 9.53 Å². The van der Waals surface area contributed by atoms with Crippen LogP contribution in [0.1, 0.15) is 30.4 Å². The number of nitrogens with zero attached hydrogens (tertiary/aromatic N) is 1. The van der Waals surface area contributed by atoms with E-state index in [4.69, 9.17) is 22.1 Å². The number of hydrogen-bond acceptors (Lipinski definition) is 3. The zero-order valence-corrected chi connectivity index (χ0v) is 15.9. The summed E-state index contributed by atoms with van der Waals surface area (Å²) in [6.45, 7) is 3.86. The number of hydrogen-bond donors (Lipinski definition) is 2. The van der Waals surface area contributed by atoms with Gasteiger partial charge in [-0.05, 0) is 67.8 Å². The van der Waals surface area contributed by atoms with E-state index in [0.717, 1.165) is 63.4 Å². The zero-order valence-electron chi connectivity index (χ0n) is 15.2. The molecular weight excluding hydrogens is 350 g/mol. The lowest BCUT2D eigenvalue weighted by Crippen LogP contribution is -2.47. The van der Waals surface area contributed by atoms with Crippen molar-refractivity contribution in [3.63, 3.8) is 0 Å². The highest BCUT2D eigenvalue weighted by molar-refractivity contribution is 6.30. The number of urea groups is 1. The highest BCUT2D eigenvalue weighted by Gasteiger charge is 2.45. The Bertz CT molecular complexity index is 677. The van der Waals surface area contributed by atoms with Crippen LogP contribution in [0.15, 0.2) is 18.2 Å². The minimum Gasteiger partial charge on any atom is -0.381 e. The van der Waals surface area contributed by atoms with Crippen molar-refractivity contribution >= 4 is 17.6 Å². The van der Waals surface area contributed by atoms with Crippen LogP contribution in [0.3, 0.4) is 0 Å². The first-order valence-electron chi connectivity index (χ1n) is 9.70. The molecule has 2 fully saturated rings. The summed E-state index contributed by atoms with van der Waals surface area (Å²) in [5.41, 5.74) is 8.79. The van der Waals surface area contributed by atoms with Crippen LogP contribution >= 0.6 is 11.6 Å². The van der Waals surface area contributed by atoms with Crippen LogP contribution in [0.5, 0.6) is 0 Å². The minimum absolute atomic E-state index is 0.0521. The maximum Gasteiger partial charge on any atom is 0.317 e. The summed E-state index contributed by atoms with van der Waals surface area (Å²) in [7, 11) is 0. The van der Waals surface area contributed by atoms with E-state index in [1.54, 1.807) is 0 Å². The van der Waals surface area contributed by atoms with Gasteiger partial charge < -0.3 is 20.7 Å². The fraction of sp³-hybridized carbons (Fsp3) is 0.650. The molecule has 2 saturated heterocycles. The standard InChI is InChI=1S/C20H28ClN3O2/c21-17-2-1-14-10-18(11-15(14)9-17)23-19(25)24-6-5-20(12-22,13-24)16-3-7-26-8-4-16/h1-2,9,16,18H,3-8,10-13,22H2,(H,23,25). The van der Waals surface area contributed by atoms with E-state index in [-0.39, 0.29) is 17.5 Å². The van der Waals surface area contributed by atoms with Crippen LogP contribution in [-0.4, -0.2) is 49.8 Å². The molecule has 26 heavy (non-hydrogen) atoms. The van der Waals surface area contributed by atoms with Gasteiger partial charge in [-0.2, -0.15) is 0 Å². The molecule has 5 nitrogen and oxygen atoms in total. The molecule has 2 amide bonds. The molecular formula is C20H28ClN3O2. The van der Waals surface area contributed by atoms with E-state index in [2.05, 4.69) is 11.4 Å². The third-order valence-corrected chi connectivity index (χ3v) is 6.83. The fourth-order valence-corrected chi connectivity index (χ4v) is 5.20. The van der Waals surface area contributed by atoms with E-state index in [1.807, 2.05) is 17.0 Å². The molecule has 0 bridgehead atoms. The summed E-state index contributed by atoms with van der Waals surface area (Å²) in [6.07, 6.45) is 4.87. The van der Waals surface area contributed by atoms with Gasteiger partial charge in [0, 0.05) is 42.8 Å². The molecule has 1 aromatic carbocycles. The number of carbonyl (C=O) groups excluding carboxylic acids is 1. The second kappa shape index (κ2) is 7.37. The van der Waals surface area contributed by atoms with Crippen molar-refractivity contribution in [3.8, 4) is 0 Å². The second-order valence-corrected chi connectivity index (χ2v) is 8.53. The number of rotatable bonds is 3. The molecule has 2 aliphatic heterocycles. The van der Waals surface area contributed by atoms with E-state index in [1.165, 1.54) is 11.1 Å². The first-order chi connectivity index (χ1) is 12.6. The average Bonchev–Trinajstić information content (AvgIpc) is 3.26. The van der Waals surface area contributed by atoms with Gasteiger partial charge in [0.05, 0.1) is 0 Å². The first-order valence-corrected chi connectivity index (χ1v) is 10.1. The van der Waals surface area contributed by atoms with Crippen molar-refractivity contribution in [2.75, 3.05) is 32.8 Å². The molecule has 2 heterocycles. The van der Waals surface area contributed by atoms with Gasteiger partial charge in [0.15, 0.2) is 0 Å². The number of nitrogens with one attached hydrogen (secondary N) is 1. The van der Waals surface area contributed by atoms with Crippen LogP contribution < -0.4 is 11.1 Å². The molecule has 1 aromatic rings. The highest BCUT2D eigenvalue weighted by atomic mass is 35.5. The predicted octanol–water partition coefficient (Wildman–Crippen LogP) is 2.59. The van der Waals surface area contributed by atoms with Crippen molar-refractivity contribution in [1.29, 1.82) is 0 Å². The largest absolute Gasteiger partial charge is 0.381 e. The number of likely N-dealkylation sites (tertiary alicyclic amines) is 1. The molecule has 3 N–H and O–H groups in total. The van der Waals surface area contributed by atoms with Gasteiger partial charge in [-0.1, -0.05) is 17.7 Å². The Hall–Kier alpha value is -1.30. The van der Waals surface area contributed by atoms with Crippen LogP contribution in [0.25, 0.3) is 0 Å². The number of carbonyl (C=O) groups is 1. The normalized spacial score (nSPS) is 29.0. The van der Waals surface area contributed by atoms with Crippen LogP contribution in [0, 0.1) is 11.3 Å². The summed E-state index contributed by atoms with van der Waals surface area (Å²) >= 11 is 6.09. The summed E-state index contributed by atoms with van der Waals surface area (Å²) in [5, 5.41) is 3.99.